The van der Waals surface area contributed by atoms with Crippen LogP contribution in [0, 0.1) is 16.2 Å². The van der Waals surface area contributed by atoms with Crippen LogP contribution in [0.1, 0.15) is 27.2 Å². The highest BCUT2D eigenvalue weighted by Crippen LogP contribution is 2.25. The number of alkyl halides is 3. The van der Waals surface area contributed by atoms with Gasteiger partial charge >= 0.3 is 6.18 Å². The van der Waals surface area contributed by atoms with E-state index < -0.39 is 30.9 Å². The van der Waals surface area contributed by atoms with E-state index in [-0.39, 0.29) is 34.8 Å². The minimum Gasteiger partial charge on any atom is -0.472 e. The van der Waals surface area contributed by atoms with Crippen LogP contribution < -0.4 is 27.4 Å². The van der Waals surface area contributed by atoms with E-state index in [1.165, 1.54) is 30.7 Å². The highest BCUT2D eigenvalue weighted by Gasteiger charge is 2.35. The molecule has 9 nitrogen and oxygen atoms in total. The molecule has 3 unspecified atom stereocenters. The van der Waals surface area contributed by atoms with Gasteiger partial charge in [0.1, 0.15) is 17.7 Å². The molecule has 12 heteroatoms. The molecule has 0 fully saturated rings. The lowest BCUT2D eigenvalue weighted by molar-refractivity contribution is -0.585. The summed E-state index contributed by atoms with van der Waals surface area (Å²) >= 11 is 0. The van der Waals surface area contributed by atoms with E-state index in [0.717, 1.165) is 6.08 Å². The average molecular weight is 554 g/mol. The minimum absolute atomic E-state index is 0.0392. The van der Waals surface area contributed by atoms with Crippen LogP contribution in [0.4, 0.5) is 13.2 Å². The summed E-state index contributed by atoms with van der Waals surface area (Å²) in [6, 6.07) is 0. The minimum atomic E-state index is -4.32. The third-order valence-electron chi connectivity index (χ3n) is 5.71. The first-order valence-corrected chi connectivity index (χ1v) is 12.3. The van der Waals surface area contributed by atoms with Crippen LogP contribution in [0.2, 0.25) is 0 Å². The van der Waals surface area contributed by atoms with Crippen LogP contribution in [0.15, 0.2) is 84.6 Å². The summed E-state index contributed by atoms with van der Waals surface area (Å²) in [5.41, 5.74) is 12.7. The SMILES string of the molecule is C=CC=CC(=CC(=C)C=CCC(F)(F)F)C1NC(C(=O)NC(=CNC)C(N)[N+](=O)CC(CN)C(C)(C)C)=CO1. The molecule has 7 N–H and O–H groups in total. The molecular formula is C27H40F3N6O3+. The Morgan fingerprint density at radius 1 is 1.31 bits per heavy atom. The normalized spacial score (nSPS) is 18.3. The molecule has 0 aliphatic carbocycles. The first-order valence-electron chi connectivity index (χ1n) is 12.3. The standard InChI is InChI=1S/C27H39F3N6O3/c1-7-8-11-19(13-18(2)10-9-12-27(28,29)30)25-35-22(17-39-25)24(37)34-21(15-33-6)23(32)36(38)16-20(14-31)26(3,4)5/h7-11,13,15,17,20,23,25,33,35H,1-2,12,14,16,31-32H2,3-6H3/p+1. The molecule has 0 saturated heterocycles. The molecule has 0 radical (unpaired) electrons. The Labute approximate surface area is 227 Å². The Hall–Kier alpha value is -3.64. The molecule has 1 aliphatic rings. The number of hydrogen-bond donors (Lipinski definition) is 5. The van der Waals surface area contributed by atoms with E-state index in [4.69, 9.17) is 16.2 Å². The summed E-state index contributed by atoms with van der Waals surface area (Å²) in [5, 5.41) is 8.27. The molecule has 0 saturated carbocycles. The zero-order chi connectivity index (χ0) is 29.8. The van der Waals surface area contributed by atoms with Crippen molar-refractivity contribution in [1.29, 1.82) is 0 Å². The van der Waals surface area contributed by atoms with Crippen molar-refractivity contribution in [3.8, 4) is 0 Å². The van der Waals surface area contributed by atoms with Gasteiger partial charge in [0, 0.05) is 41.0 Å². The van der Waals surface area contributed by atoms with Gasteiger partial charge in [-0.25, -0.2) is 0 Å². The maximum absolute atomic E-state index is 13.0. The fourth-order valence-corrected chi connectivity index (χ4v) is 3.36. The zero-order valence-corrected chi connectivity index (χ0v) is 22.8. The van der Waals surface area contributed by atoms with Gasteiger partial charge in [-0.2, -0.15) is 13.2 Å². The summed E-state index contributed by atoms with van der Waals surface area (Å²) < 4.78 is 43.5. The van der Waals surface area contributed by atoms with Crippen molar-refractivity contribution in [2.24, 2.45) is 22.8 Å². The number of ether oxygens (including phenoxy) is 1. The molecule has 0 spiro atoms. The Morgan fingerprint density at radius 2 is 1.97 bits per heavy atom. The van der Waals surface area contributed by atoms with E-state index in [0.29, 0.717) is 16.9 Å². The number of carbonyl (C=O) groups excluding carboxylic acids is 1. The van der Waals surface area contributed by atoms with Crippen LogP contribution in [0.5, 0.6) is 0 Å². The van der Waals surface area contributed by atoms with Gasteiger partial charge in [0.25, 0.3) is 12.1 Å². The largest absolute Gasteiger partial charge is 0.472 e. The molecule has 0 bridgehead atoms. The van der Waals surface area contributed by atoms with Gasteiger partial charge in [0.15, 0.2) is 12.8 Å². The number of nitroso groups, excluding NO2 is 1. The molecule has 1 rings (SSSR count). The third-order valence-corrected chi connectivity index (χ3v) is 5.71. The second kappa shape index (κ2) is 15.1. The zero-order valence-electron chi connectivity index (χ0n) is 22.8. The second-order valence-electron chi connectivity index (χ2n) is 9.91. The number of carbonyl (C=O) groups is 1. The van der Waals surface area contributed by atoms with E-state index in [2.05, 4.69) is 29.1 Å². The fourth-order valence-electron chi connectivity index (χ4n) is 3.36. The van der Waals surface area contributed by atoms with Gasteiger partial charge in [-0.3, -0.25) is 10.5 Å². The van der Waals surface area contributed by atoms with E-state index >= 15 is 0 Å². The summed E-state index contributed by atoms with van der Waals surface area (Å²) in [4.78, 5) is 25.8. The van der Waals surface area contributed by atoms with Gasteiger partial charge in [0.2, 0.25) is 0 Å². The first kappa shape index (κ1) is 33.4. The smallest absolute Gasteiger partial charge is 0.392 e. The van der Waals surface area contributed by atoms with Gasteiger partial charge in [-0.15, -0.1) is 0 Å². The number of halogens is 3. The second-order valence-corrected chi connectivity index (χ2v) is 9.91. The number of hydrogen-bond acceptors (Lipinski definition) is 7. The number of nitrogens with zero attached hydrogens (tertiary/aromatic N) is 1. The van der Waals surface area contributed by atoms with Crippen LogP contribution in [0.3, 0.4) is 0 Å². The molecule has 0 aromatic rings. The maximum atomic E-state index is 13.0. The van der Waals surface area contributed by atoms with Gasteiger partial charge in [0.05, 0.1) is 6.42 Å². The van der Waals surface area contributed by atoms with Crippen LogP contribution in [-0.2, 0) is 9.53 Å². The highest BCUT2D eigenvalue weighted by molar-refractivity contribution is 5.94. The van der Waals surface area contributed by atoms with Gasteiger partial charge in [-0.05, 0) is 17.1 Å². The Morgan fingerprint density at radius 3 is 2.51 bits per heavy atom. The summed E-state index contributed by atoms with van der Waals surface area (Å²) in [5.74, 6) is -0.752. The van der Waals surface area contributed by atoms with Crippen molar-refractivity contribution < 1.29 is 27.5 Å². The van der Waals surface area contributed by atoms with Crippen LogP contribution >= 0.6 is 0 Å². The fraction of sp³-hybridized carbons (Fsp3) is 0.444. The van der Waals surface area contributed by atoms with Crippen molar-refractivity contribution in [3.05, 3.63) is 89.5 Å². The van der Waals surface area contributed by atoms with Crippen LogP contribution in [0.25, 0.3) is 0 Å². The molecule has 0 aromatic carbocycles. The lowest BCUT2D eigenvalue weighted by Crippen LogP contribution is -2.47. The first-order chi connectivity index (χ1) is 18.1. The van der Waals surface area contributed by atoms with Crippen molar-refractivity contribution in [1.82, 2.24) is 16.0 Å². The monoisotopic (exact) mass is 553 g/mol. The Bertz CT molecular complexity index is 1050. The topological polar surface area (TPSA) is 135 Å². The molecule has 1 aliphatic heterocycles. The van der Waals surface area contributed by atoms with E-state index in [9.17, 15) is 22.9 Å². The van der Waals surface area contributed by atoms with Gasteiger partial charge in [-0.1, -0.05) is 64.3 Å². The van der Waals surface area contributed by atoms with Gasteiger partial charge < -0.3 is 26.4 Å². The maximum Gasteiger partial charge on any atom is 0.392 e. The molecule has 0 aromatic heterocycles. The summed E-state index contributed by atoms with van der Waals surface area (Å²) in [6.45, 7) is 13.6. The average Bonchev–Trinajstić information content (AvgIpc) is 3.33. The third kappa shape index (κ3) is 11.7. The van der Waals surface area contributed by atoms with Crippen molar-refractivity contribution >= 4 is 5.91 Å². The predicted octanol–water partition coefficient (Wildman–Crippen LogP) is 3.37. The number of nitrogens with two attached hydrogens (primary N) is 2. The Kier molecular flexibility index (Phi) is 12.9. The van der Waals surface area contributed by atoms with Crippen molar-refractivity contribution in [2.75, 3.05) is 20.1 Å². The highest BCUT2D eigenvalue weighted by atomic mass is 19.4. The van der Waals surface area contributed by atoms with Crippen molar-refractivity contribution in [3.63, 3.8) is 0 Å². The number of amides is 1. The molecule has 1 heterocycles. The van der Waals surface area contributed by atoms with E-state index in [1.54, 1.807) is 19.2 Å². The molecule has 1 amide bonds. The Balaban J connectivity index is 2.96. The number of nitrogens with one attached hydrogen (secondary N) is 3. The molecular weight excluding hydrogens is 513 g/mol. The molecule has 3 atom stereocenters. The lowest BCUT2D eigenvalue weighted by Gasteiger charge is -2.26. The number of rotatable bonds is 14. The van der Waals surface area contributed by atoms with Crippen LogP contribution in [-0.4, -0.2) is 49.4 Å². The summed E-state index contributed by atoms with van der Waals surface area (Å²) in [6.07, 6.45) is 3.61. The summed E-state index contributed by atoms with van der Waals surface area (Å²) in [7, 11) is 1.59. The molecule has 216 valence electrons. The molecule has 39 heavy (non-hydrogen) atoms. The quantitative estimate of drug-likeness (QED) is 0.126. The lowest BCUT2D eigenvalue weighted by atomic mass is 9.80. The number of allylic oxidation sites excluding steroid dienone is 6. The van der Waals surface area contributed by atoms with E-state index in [1.807, 2.05) is 20.8 Å². The predicted molar refractivity (Wildman–Crippen MR) is 146 cm³/mol. The van der Waals surface area contributed by atoms with Crippen molar-refractivity contribution in [2.45, 2.75) is 45.8 Å².